The number of rotatable bonds is 12. The molecule has 10 nitrogen and oxygen atoms in total. The Morgan fingerprint density at radius 3 is 2.48 bits per heavy atom. The number of carbonyl (C=O) groups is 3. The molecule has 10 heteroatoms. The second-order valence-electron chi connectivity index (χ2n) is 15.2. The van der Waals surface area contributed by atoms with Gasteiger partial charge in [-0.2, -0.15) is 0 Å². The van der Waals surface area contributed by atoms with Crippen molar-refractivity contribution >= 4 is 34.8 Å². The van der Waals surface area contributed by atoms with E-state index in [4.69, 9.17) is 0 Å². The van der Waals surface area contributed by atoms with Crippen molar-refractivity contribution in [3.05, 3.63) is 89.5 Å². The van der Waals surface area contributed by atoms with Gasteiger partial charge in [0.25, 0.3) is 11.8 Å². The van der Waals surface area contributed by atoms with Crippen molar-refractivity contribution in [2.75, 3.05) is 54.2 Å². The zero-order chi connectivity index (χ0) is 37.0. The Morgan fingerprint density at radius 1 is 1.02 bits per heavy atom. The average molecular weight is 710 g/mol. The Labute approximate surface area is 308 Å². The molecule has 1 spiro atoms. The summed E-state index contributed by atoms with van der Waals surface area (Å²) in [5.74, 6) is -1.16. The summed E-state index contributed by atoms with van der Waals surface area (Å²) < 4.78 is 0. The number of anilines is 3. The van der Waals surface area contributed by atoms with Gasteiger partial charge in [0.05, 0.1) is 25.0 Å². The summed E-state index contributed by atoms with van der Waals surface area (Å²) in [4.78, 5) is 49.3. The number of allylic oxidation sites excluding steroid dienone is 3. The Hall–Kier alpha value is -4.25. The predicted octanol–water partition coefficient (Wildman–Crippen LogP) is 5.41. The molecule has 0 radical (unpaired) electrons. The van der Waals surface area contributed by atoms with Crippen LogP contribution in [0.1, 0.15) is 78.2 Å². The lowest BCUT2D eigenvalue weighted by Gasteiger charge is -2.39. The number of aliphatic hydroxyl groups is 2. The highest BCUT2D eigenvalue weighted by molar-refractivity contribution is 6.10. The molecule has 3 amide bonds. The first-order valence-corrected chi connectivity index (χ1v) is 18.9. The Kier molecular flexibility index (Phi) is 11.4. The van der Waals surface area contributed by atoms with Crippen LogP contribution in [0.3, 0.4) is 0 Å². The highest BCUT2D eigenvalue weighted by Gasteiger charge is 2.55. The number of amides is 3. The maximum atomic E-state index is 14.5. The number of para-hydroxylation sites is 1. The maximum Gasteiger partial charge on any atom is 0.264 e. The van der Waals surface area contributed by atoms with Gasteiger partial charge in [-0.05, 0) is 103 Å². The first-order chi connectivity index (χ1) is 25.0. The van der Waals surface area contributed by atoms with Crippen molar-refractivity contribution < 1.29 is 24.6 Å². The molecule has 3 saturated heterocycles. The minimum atomic E-state index is -1.91. The van der Waals surface area contributed by atoms with Gasteiger partial charge in [0, 0.05) is 42.4 Å². The smallest absolute Gasteiger partial charge is 0.264 e. The molecule has 0 bridgehead atoms. The number of hydrogen-bond donors (Lipinski definition) is 3. The molecule has 2 aromatic rings. The number of carbonyl (C=O) groups excluding carboxylic acids is 3. The lowest BCUT2D eigenvalue weighted by atomic mass is 9.82. The van der Waals surface area contributed by atoms with E-state index in [1.807, 2.05) is 48.5 Å². The molecule has 2 aromatic carbocycles. The van der Waals surface area contributed by atoms with Gasteiger partial charge >= 0.3 is 0 Å². The number of nitrogens with zero attached hydrogens (tertiary/aromatic N) is 4. The molecular formula is C42H55N5O5. The fourth-order valence-corrected chi connectivity index (χ4v) is 8.37. The van der Waals surface area contributed by atoms with Crippen LogP contribution in [-0.4, -0.2) is 83.9 Å². The predicted molar refractivity (Wildman–Crippen MR) is 206 cm³/mol. The summed E-state index contributed by atoms with van der Waals surface area (Å²) in [6.07, 6.45) is 12.6. The van der Waals surface area contributed by atoms with Gasteiger partial charge in [-0.15, -0.1) is 0 Å². The molecule has 52 heavy (non-hydrogen) atoms. The summed E-state index contributed by atoms with van der Waals surface area (Å²) in [7, 11) is 0. The number of piperidine rings is 1. The molecule has 0 aromatic heterocycles. The van der Waals surface area contributed by atoms with Gasteiger partial charge < -0.3 is 30.2 Å². The normalized spacial score (nSPS) is 23.7. The van der Waals surface area contributed by atoms with Crippen LogP contribution in [0.15, 0.2) is 84.0 Å². The second kappa shape index (κ2) is 15.8. The van der Waals surface area contributed by atoms with Crippen molar-refractivity contribution in [1.29, 1.82) is 0 Å². The summed E-state index contributed by atoms with van der Waals surface area (Å²) in [5.41, 5.74) is 2.52. The molecule has 4 aliphatic rings. The van der Waals surface area contributed by atoms with E-state index in [0.717, 1.165) is 50.0 Å². The highest BCUT2D eigenvalue weighted by atomic mass is 16.3. The van der Waals surface area contributed by atoms with E-state index in [9.17, 15) is 24.6 Å². The van der Waals surface area contributed by atoms with E-state index >= 15 is 0 Å². The number of nitrogens with one attached hydrogen (secondary N) is 1. The molecular weight excluding hydrogens is 654 g/mol. The second-order valence-corrected chi connectivity index (χ2v) is 15.2. The van der Waals surface area contributed by atoms with Crippen molar-refractivity contribution in [2.24, 2.45) is 5.92 Å². The van der Waals surface area contributed by atoms with Crippen LogP contribution < -0.4 is 20.0 Å². The van der Waals surface area contributed by atoms with E-state index in [1.165, 1.54) is 5.57 Å². The van der Waals surface area contributed by atoms with Crippen molar-refractivity contribution in [3.63, 3.8) is 0 Å². The van der Waals surface area contributed by atoms with Gasteiger partial charge in [-0.1, -0.05) is 60.6 Å². The van der Waals surface area contributed by atoms with Gasteiger partial charge in [-0.25, -0.2) is 0 Å². The first kappa shape index (κ1) is 37.5. The molecule has 0 aliphatic carbocycles. The number of benzene rings is 2. The molecule has 4 heterocycles. The summed E-state index contributed by atoms with van der Waals surface area (Å²) in [5, 5.41) is 25.7. The minimum Gasteiger partial charge on any atom is -0.394 e. The Bertz CT molecular complexity index is 1730. The van der Waals surface area contributed by atoms with Gasteiger partial charge in [0.15, 0.2) is 5.60 Å². The van der Waals surface area contributed by atoms with E-state index in [0.29, 0.717) is 49.5 Å². The maximum absolute atomic E-state index is 14.5. The van der Waals surface area contributed by atoms with Crippen LogP contribution in [0.4, 0.5) is 17.1 Å². The first-order valence-electron chi connectivity index (χ1n) is 18.9. The number of likely N-dealkylation sites (tertiary alicyclic amines) is 1. The van der Waals surface area contributed by atoms with Crippen LogP contribution in [0, 0.1) is 5.92 Å². The highest BCUT2D eigenvalue weighted by Crippen LogP contribution is 2.48. The van der Waals surface area contributed by atoms with Crippen molar-refractivity contribution in [3.8, 4) is 0 Å². The topological polar surface area (TPSA) is 117 Å². The van der Waals surface area contributed by atoms with Crippen LogP contribution in [-0.2, 0) is 20.0 Å². The van der Waals surface area contributed by atoms with E-state index in [1.54, 1.807) is 33.8 Å². The van der Waals surface area contributed by atoms with Crippen LogP contribution >= 0.6 is 0 Å². The van der Waals surface area contributed by atoms with Gasteiger partial charge in [-0.3, -0.25) is 19.3 Å². The van der Waals surface area contributed by atoms with E-state index in [2.05, 4.69) is 43.1 Å². The molecule has 6 rings (SSSR count). The number of aliphatic hydroxyl groups excluding tert-OH is 1. The SMILES string of the molecule is CC(C)=CCC/C(C)=C/CN1C(=O)[C@](O)([C@H](C)/C=C/CC(=O)N2CCC[C@H]2CO)c2cc(N3CN(c4ccccc4)C4(CCNCC4)C3=O)ccc21. The number of fused-ring (bicyclic) bond motifs is 1. The minimum absolute atomic E-state index is 0.0204. The largest absolute Gasteiger partial charge is 0.394 e. The van der Waals surface area contributed by atoms with E-state index in [-0.39, 0.29) is 30.9 Å². The molecule has 0 unspecified atom stereocenters. The molecule has 3 atom stereocenters. The molecule has 0 saturated carbocycles. The average Bonchev–Trinajstić information content (AvgIpc) is 3.80. The van der Waals surface area contributed by atoms with Crippen LogP contribution in [0.25, 0.3) is 0 Å². The van der Waals surface area contributed by atoms with E-state index < -0.39 is 23.0 Å². The summed E-state index contributed by atoms with van der Waals surface area (Å²) in [6, 6.07) is 15.5. The Morgan fingerprint density at radius 2 is 1.77 bits per heavy atom. The molecule has 4 aliphatic heterocycles. The third-order valence-corrected chi connectivity index (χ3v) is 11.5. The van der Waals surface area contributed by atoms with Crippen molar-refractivity contribution in [2.45, 2.75) is 89.8 Å². The fourth-order valence-electron chi connectivity index (χ4n) is 8.37. The van der Waals surface area contributed by atoms with Gasteiger partial charge in [0.1, 0.15) is 5.54 Å². The zero-order valence-electron chi connectivity index (χ0n) is 31.2. The standard InChI is InChI=1S/C42H55N5O5/c1-30(2)11-8-12-31(3)20-26-45-37-19-18-34(46-29-47(33-14-6-5-7-15-33)41(39(46)50)21-23-43-24-22-41)27-36(37)42(52,40(45)51)32(4)13-9-17-38(49)44-25-10-16-35(44)28-48/h5-7,9,11,13-15,18-20,27,32,35,43,48,52H,8,10,12,16-17,21-26,28-29H2,1-4H3/b13-9+,31-20+/t32-,35+,42+/m1/s1. The zero-order valence-corrected chi connectivity index (χ0v) is 31.2. The summed E-state index contributed by atoms with van der Waals surface area (Å²) >= 11 is 0. The van der Waals surface area contributed by atoms with Crippen LogP contribution in [0.5, 0.6) is 0 Å². The fraction of sp³-hybridized carbons (Fsp3) is 0.500. The van der Waals surface area contributed by atoms with Crippen molar-refractivity contribution in [1.82, 2.24) is 10.2 Å². The Balaban J connectivity index is 1.32. The molecule has 3 fully saturated rings. The third kappa shape index (κ3) is 7.08. The monoisotopic (exact) mass is 709 g/mol. The lowest BCUT2D eigenvalue weighted by molar-refractivity contribution is -0.139. The quantitative estimate of drug-likeness (QED) is 0.253. The van der Waals surface area contributed by atoms with Crippen LogP contribution in [0.2, 0.25) is 0 Å². The summed E-state index contributed by atoms with van der Waals surface area (Å²) in [6.45, 7) is 10.7. The van der Waals surface area contributed by atoms with Gasteiger partial charge in [0.2, 0.25) is 5.91 Å². The molecule has 3 N–H and O–H groups in total. The number of hydrogen-bond acceptors (Lipinski definition) is 7. The molecule has 278 valence electrons. The lowest BCUT2D eigenvalue weighted by Crippen LogP contribution is -2.55. The third-order valence-electron chi connectivity index (χ3n) is 11.5.